The highest BCUT2D eigenvalue weighted by atomic mass is 16.5. The molecule has 0 heterocycles. The fraction of sp³-hybridized carbons (Fsp3) is 0.500. The smallest absolute Gasteiger partial charge is 0.123 e. The van der Waals surface area contributed by atoms with Crippen LogP contribution in [0.25, 0.3) is 0 Å². The molecule has 0 aliphatic heterocycles. The predicted octanol–water partition coefficient (Wildman–Crippen LogP) is 5.44. The van der Waals surface area contributed by atoms with Crippen LogP contribution in [0.2, 0.25) is 0 Å². The molecule has 1 nitrogen and oxygen atoms in total. The van der Waals surface area contributed by atoms with Crippen LogP contribution in [0.1, 0.15) is 58.2 Å². The van der Waals surface area contributed by atoms with Crippen LogP contribution in [-0.2, 0) is 18.3 Å². The third kappa shape index (κ3) is 1.75. The SMILES string of the molecule is COc1ccc(C)c2c1C13c4c(C)ccc(C)c4C[C@@H]1CCC[C@H]3C2. The molecule has 3 aliphatic rings. The summed E-state index contributed by atoms with van der Waals surface area (Å²) >= 11 is 0. The van der Waals surface area contributed by atoms with Crippen molar-refractivity contribution in [2.75, 3.05) is 7.11 Å². The number of rotatable bonds is 1. The van der Waals surface area contributed by atoms with Crippen LogP contribution in [0.4, 0.5) is 0 Å². The standard InChI is InChI=1S/C24H28O/c1-14-8-9-16(3)22-19(14)12-17-6-5-7-18-13-20-15(2)10-11-21(25-4)23(20)24(17,18)22/h8-11,17-18H,5-7,12-13H2,1-4H3/t17-,18-,24?/m0/s1. The Morgan fingerprint density at radius 3 is 2.00 bits per heavy atom. The molecule has 0 saturated heterocycles. The van der Waals surface area contributed by atoms with Crippen molar-refractivity contribution in [2.45, 2.75) is 58.3 Å². The van der Waals surface area contributed by atoms with Gasteiger partial charge in [0.2, 0.25) is 0 Å². The minimum Gasteiger partial charge on any atom is -0.496 e. The van der Waals surface area contributed by atoms with Gasteiger partial charge in [-0.05, 0) is 97.7 Å². The molecular weight excluding hydrogens is 304 g/mol. The fourth-order valence-electron chi connectivity index (χ4n) is 6.68. The Morgan fingerprint density at radius 2 is 1.36 bits per heavy atom. The molecule has 1 unspecified atom stereocenters. The van der Waals surface area contributed by atoms with Gasteiger partial charge in [-0.25, -0.2) is 0 Å². The first-order chi connectivity index (χ1) is 12.1. The van der Waals surface area contributed by atoms with Crippen LogP contribution in [0.15, 0.2) is 24.3 Å². The predicted molar refractivity (Wildman–Crippen MR) is 103 cm³/mol. The molecule has 0 N–H and O–H groups in total. The number of benzene rings is 2. The summed E-state index contributed by atoms with van der Waals surface area (Å²) in [6, 6.07) is 9.18. The van der Waals surface area contributed by atoms with Crippen LogP contribution in [0.3, 0.4) is 0 Å². The number of fused-ring (bicyclic) bond motifs is 2. The number of hydrogen-bond acceptors (Lipinski definition) is 1. The van der Waals surface area contributed by atoms with Gasteiger partial charge in [-0.2, -0.15) is 0 Å². The minimum atomic E-state index is 0.205. The first-order valence-corrected chi connectivity index (χ1v) is 9.85. The van der Waals surface area contributed by atoms with E-state index in [9.17, 15) is 0 Å². The summed E-state index contributed by atoms with van der Waals surface area (Å²) in [5.74, 6) is 2.62. The van der Waals surface area contributed by atoms with Crippen LogP contribution >= 0.6 is 0 Å². The lowest BCUT2D eigenvalue weighted by Gasteiger charge is -2.44. The number of aryl methyl sites for hydroxylation is 3. The van der Waals surface area contributed by atoms with E-state index in [4.69, 9.17) is 4.74 Å². The van der Waals surface area contributed by atoms with Crippen molar-refractivity contribution in [3.05, 3.63) is 63.2 Å². The lowest BCUT2D eigenvalue weighted by Crippen LogP contribution is -2.41. The molecule has 5 rings (SSSR count). The molecule has 1 fully saturated rings. The molecule has 3 atom stereocenters. The van der Waals surface area contributed by atoms with Gasteiger partial charge in [0.1, 0.15) is 5.75 Å². The van der Waals surface area contributed by atoms with E-state index < -0.39 is 0 Å². The van der Waals surface area contributed by atoms with E-state index in [0.717, 1.165) is 17.6 Å². The molecule has 130 valence electrons. The van der Waals surface area contributed by atoms with Crippen LogP contribution < -0.4 is 4.74 Å². The van der Waals surface area contributed by atoms with E-state index in [0.29, 0.717) is 0 Å². The zero-order chi connectivity index (χ0) is 17.3. The van der Waals surface area contributed by atoms with Crippen molar-refractivity contribution >= 4 is 0 Å². The summed E-state index contributed by atoms with van der Waals surface area (Å²) in [5, 5.41) is 0. The van der Waals surface area contributed by atoms with Gasteiger partial charge in [0.15, 0.2) is 0 Å². The molecule has 2 aromatic carbocycles. The fourth-order valence-corrected chi connectivity index (χ4v) is 6.68. The van der Waals surface area contributed by atoms with Gasteiger partial charge < -0.3 is 4.74 Å². The molecular formula is C24H28O. The van der Waals surface area contributed by atoms with E-state index in [1.54, 1.807) is 22.3 Å². The Balaban J connectivity index is 1.91. The second-order valence-electron chi connectivity index (χ2n) is 8.59. The summed E-state index contributed by atoms with van der Waals surface area (Å²) in [6.45, 7) is 6.94. The highest BCUT2D eigenvalue weighted by Gasteiger charge is 2.60. The number of methoxy groups -OCH3 is 1. The molecule has 0 aromatic heterocycles. The highest BCUT2D eigenvalue weighted by molar-refractivity contribution is 5.65. The van der Waals surface area contributed by atoms with Crippen LogP contribution in [0, 0.1) is 32.6 Å². The zero-order valence-electron chi connectivity index (χ0n) is 15.9. The largest absolute Gasteiger partial charge is 0.496 e. The normalized spacial score (nSPS) is 29.0. The maximum absolute atomic E-state index is 5.95. The molecule has 0 bridgehead atoms. The Kier molecular flexibility index (Phi) is 3.18. The average Bonchev–Trinajstić information content (AvgIpc) is 3.15. The highest BCUT2D eigenvalue weighted by Crippen LogP contribution is 2.65. The lowest BCUT2D eigenvalue weighted by molar-refractivity contribution is 0.172. The van der Waals surface area contributed by atoms with Gasteiger partial charge >= 0.3 is 0 Å². The van der Waals surface area contributed by atoms with Crippen LogP contribution in [-0.4, -0.2) is 7.11 Å². The summed E-state index contributed by atoms with van der Waals surface area (Å²) in [6.07, 6.45) is 6.61. The van der Waals surface area contributed by atoms with Crippen molar-refractivity contribution in [3.63, 3.8) is 0 Å². The van der Waals surface area contributed by atoms with E-state index in [2.05, 4.69) is 45.0 Å². The quantitative estimate of drug-likeness (QED) is 0.676. The van der Waals surface area contributed by atoms with Gasteiger partial charge in [0, 0.05) is 11.0 Å². The second-order valence-corrected chi connectivity index (χ2v) is 8.59. The first kappa shape index (κ1) is 15.5. The molecule has 3 aliphatic carbocycles. The Morgan fingerprint density at radius 1 is 0.800 bits per heavy atom. The molecule has 0 radical (unpaired) electrons. The topological polar surface area (TPSA) is 9.23 Å². The summed E-state index contributed by atoms with van der Waals surface area (Å²) in [5.41, 5.74) is 11.1. The number of hydrogen-bond donors (Lipinski definition) is 0. The van der Waals surface area contributed by atoms with Crippen molar-refractivity contribution < 1.29 is 4.74 Å². The molecule has 1 spiro atoms. The summed E-state index contributed by atoms with van der Waals surface area (Å²) in [4.78, 5) is 0. The van der Waals surface area contributed by atoms with Crippen molar-refractivity contribution in [1.29, 1.82) is 0 Å². The van der Waals surface area contributed by atoms with Crippen molar-refractivity contribution in [2.24, 2.45) is 11.8 Å². The maximum Gasteiger partial charge on any atom is 0.123 e. The van der Waals surface area contributed by atoms with Gasteiger partial charge in [-0.3, -0.25) is 0 Å². The molecule has 0 amide bonds. The Bertz CT molecular complexity index is 870. The number of ether oxygens (including phenoxy) is 1. The average molecular weight is 332 g/mol. The van der Waals surface area contributed by atoms with E-state index in [1.807, 2.05) is 7.11 Å². The molecule has 25 heavy (non-hydrogen) atoms. The lowest BCUT2D eigenvalue weighted by atomic mass is 9.58. The molecule has 1 heteroatoms. The molecule has 2 aromatic rings. The maximum atomic E-state index is 5.95. The minimum absolute atomic E-state index is 0.205. The third-order valence-corrected chi connectivity index (χ3v) is 7.61. The third-order valence-electron chi connectivity index (χ3n) is 7.61. The second kappa shape index (κ2) is 5.13. The van der Waals surface area contributed by atoms with Crippen LogP contribution in [0.5, 0.6) is 5.75 Å². The van der Waals surface area contributed by atoms with Crippen molar-refractivity contribution in [1.82, 2.24) is 0 Å². The van der Waals surface area contributed by atoms with Gasteiger partial charge in [0.25, 0.3) is 0 Å². The summed E-state index contributed by atoms with van der Waals surface area (Å²) in [7, 11) is 1.85. The monoisotopic (exact) mass is 332 g/mol. The Hall–Kier alpha value is -1.76. The first-order valence-electron chi connectivity index (χ1n) is 9.85. The van der Waals surface area contributed by atoms with E-state index in [1.165, 1.54) is 48.8 Å². The van der Waals surface area contributed by atoms with E-state index in [-0.39, 0.29) is 5.41 Å². The van der Waals surface area contributed by atoms with Gasteiger partial charge in [0.05, 0.1) is 7.11 Å². The molecule has 1 saturated carbocycles. The van der Waals surface area contributed by atoms with Crippen molar-refractivity contribution in [3.8, 4) is 5.75 Å². The van der Waals surface area contributed by atoms with Gasteiger partial charge in [-0.15, -0.1) is 0 Å². The zero-order valence-corrected chi connectivity index (χ0v) is 15.9. The van der Waals surface area contributed by atoms with E-state index >= 15 is 0 Å². The Labute approximate surface area is 151 Å². The van der Waals surface area contributed by atoms with Gasteiger partial charge in [-0.1, -0.05) is 24.6 Å². The summed E-state index contributed by atoms with van der Waals surface area (Å²) < 4.78 is 5.95.